The normalized spacial score (nSPS) is 17.9. The zero-order valence-electron chi connectivity index (χ0n) is 15.1. The van der Waals surface area contributed by atoms with Gasteiger partial charge in [-0.2, -0.15) is 23.4 Å². The highest BCUT2D eigenvalue weighted by atomic mass is 19.4. The molecule has 0 radical (unpaired) electrons. The Kier molecular flexibility index (Phi) is 3.49. The van der Waals surface area contributed by atoms with Crippen molar-refractivity contribution in [3.8, 4) is 22.5 Å². The molecule has 0 amide bonds. The molecule has 0 unspecified atom stereocenters. The third kappa shape index (κ3) is 2.89. The molecule has 3 aromatic rings. The van der Waals surface area contributed by atoms with Gasteiger partial charge in [0.25, 0.3) is 0 Å². The molecule has 0 saturated carbocycles. The number of rotatable bonds is 4. The third-order valence-corrected chi connectivity index (χ3v) is 5.04. The van der Waals surface area contributed by atoms with Gasteiger partial charge in [0, 0.05) is 22.3 Å². The van der Waals surface area contributed by atoms with Gasteiger partial charge in [0.2, 0.25) is 5.66 Å². The molecule has 0 atom stereocenters. The van der Waals surface area contributed by atoms with Gasteiger partial charge in [-0.25, -0.2) is 4.98 Å². The summed E-state index contributed by atoms with van der Waals surface area (Å²) >= 11 is 0. The van der Waals surface area contributed by atoms with Crippen molar-refractivity contribution in [2.24, 2.45) is 20.5 Å². The van der Waals surface area contributed by atoms with E-state index in [1.54, 1.807) is 24.5 Å². The fraction of sp³-hybridized carbons (Fsp3) is 0.200. The summed E-state index contributed by atoms with van der Waals surface area (Å²) in [6.45, 7) is 1.93. The highest BCUT2D eigenvalue weighted by molar-refractivity contribution is 5.65. The van der Waals surface area contributed by atoms with E-state index < -0.39 is 17.5 Å². The Morgan fingerprint density at radius 3 is 1.59 bits per heavy atom. The van der Waals surface area contributed by atoms with E-state index in [1.165, 1.54) is 12.1 Å². The fourth-order valence-electron chi connectivity index (χ4n) is 3.11. The molecule has 0 saturated heterocycles. The van der Waals surface area contributed by atoms with Crippen LogP contribution in [0.1, 0.15) is 18.1 Å². The Bertz CT molecular complexity index is 1140. The molecule has 29 heavy (non-hydrogen) atoms. The second-order valence-electron chi connectivity index (χ2n) is 7.04. The van der Waals surface area contributed by atoms with Crippen LogP contribution >= 0.6 is 0 Å². The van der Waals surface area contributed by atoms with Crippen LogP contribution in [0.5, 0.6) is 0 Å². The van der Waals surface area contributed by atoms with E-state index in [4.69, 9.17) is 0 Å². The molecule has 144 valence electrons. The van der Waals surface area contributed by atoms with Gasteiger partial charge in [-0.15, -0.1) is 10.2 Å². The first-order valence-electron chi connectivity index (χ1n) is 8.80. The zero-order valence-corrected chi connectivity index (χ0v) is 15.1. The molecule has 5 rings (SSSR count). The number of alkyl halides is 3. The average Bonchev–Trinajstić information content (AvgIpc) is 3.64. The van der Waals surface area contributed by atoms with Crippen LogP contribution in [-0.4, -0.2) is 16.1 Å². The maximum absolute atomic E-state index is 13.1. The third-order valence-electron chi connectivity index (χ3n) is 5.04. The van der Waals surface area contributed by atoms with Gasteiger partial charge in [0.05, 0.1) is 23.8 Å². The smallest absolute Gasteiger partial charge is 0.260 e. The lowest BCUT2D eigenvalue weighted by molar-refractivity contribution is -0.166. The van der Waals surface area contributed by atoms with Gasteiger partial charge in [-0.05, 0) is 6.92 Å². The summed E-state index contributed by atoms with van der Waals surface area (Å²) < 4.78 is 39.4. The van der Waals surface area contributed by atoms with Crippen molar-refractivity contribution in [3.05, 3.63) is 72.1 Å². The van der Waals surface area contributed by atoms with Crippen molar-refractivity contribution in [2.75, 3.05) is 0 Å². The first-order valence-corrected chi connectivity index (χ1v) is 8.80. The number of halogens is 3. The van der Waals surface area contributed by atoms with Crippen molar-refractivity contribution >= 4 is 0 Å². The van der Waals surface area contributed by atoms with Crippen LogP contribution in [-0.2, 0) is 11.3 Å². The number of nitrogens with zero attached hydrogens (tertiary/aromatic N) is 6. The number of aromatic nitrogens is 2. The van der Waals surface area contributed by atoms with Gasteiger partial charge < -0.3 is 0 Å². The van der Waals surface area contributed by atoms with E-state index in [-0.39, 0.29) is 5.56 Å². The average molecular weight is 394 g/mol. The minimum Gasteiger partial charge on any atom is -0.260 e. The Morgan fingerprint density at radius 1 is 0.690 bits per heavy atom. The maximum atomic E-state index is 13.1. The van der Waals surface area contributed by atoms with Crippen molar-refractivity contribution in [2.45, 2.75) is 24.4 Å². The minimum atomic E-state index is -4.54. The number of hydrogen-bond acceptors (Lipinski definition) is 6. The molecule has 0 N–H and O–H groups in total. The van der Waals surface area contributed by atoms with Crippen molar-refractivity contribution in [1.29, 1.82) is 0 Å². The second kappa shape index (κ2) is 5.76. The molecule has 9 heteroatoms. The lowest BCUT2D eigenvalue weighted by Crippen LogP contribution is -2.29. The summed E-state index contributed by atoms with van der Waals surface area (Å²) in [6.07, 6.45) is -1.33. The predicted molar refractivity (Wildman–Crippen MR) is 97.7 cm³/mol. The van der Waals surface area contributed by atoms with Crippen LogP contribution in [0.4, 0.5) is 13.2 Å². The van der Waals surface area contributed by atoms with Gasteiger partial charge in [-0.3, -0.25) is 4.98 Å². The van der Waals surface area contributed by atoms with E-state index in [1.807, 2.05) is 31.2 Å². The summed E-state index contributed by atoms with van der Waals surface area (Å²) in [6, 6.07) is 13.6. The van der Waals surface area contributed by atoms with Gasteiger partial charge in [0.1, 0.15) is 0 Å². The summed E-state index contributed by atoms with van der Waals surface area (Å²) in [5, 5.41) is 14.5. The quantitative estimate of drug-likeness (QED) is 0.575. The minimum absolute atomic E-state index is 0.0159. The fourth-order valence-corrected chi connectivity index (χ4v) is 3.11. The van der Waals surface area contributed by atoms with Gasteiger partial charge in [-0.1, -0.05) is 48.5 Å². The summed E-state index contributed by atoms with van der Waals surface area (Å²) in [5.41, 5.74) is 0.860. The molecular formula is C20H13F3N6. The molecule has 2 aromatic carbocycles. The Hall–Kier alpha value is -3.49. The zero-order chi connectivity index (χ0) is 20.3. The monoisotopic (exact) mass is 394 g/mol. The van der Waals surface area contributed by atoms with E-state index in [0.717, 1.165) is 11.1 Å². The molecule has 0 bridgehead atoms. The molecule has 2 aliphatic rings. The predicted octanol–water partition coefficient (Wildman–Crippen LogP) is 5.63. The Balaban J connectivity index is 1.41. The Labute approximate surface area is 163 Å². The van der Waals surface area contributed by atoms with Crippen molar-refractivity contribution in [3.63, 3.8) is 0 Å². The highest BCUT2D eigenvalue weighted by Crippen LogP contribution is 2.52. The van der Waals surface area contributed by atoms with E-state index >= 15 is 0 Å². The lowest BCUT2D eigenvalue weighted by atomic mass is 10.00. The molecule has 6 nitrogen and oxygen atoms in total. The molecule has 0 fully saturated rings. The lowest BCUT2D eigenvalue weighted by Gasteiger charge is -2.15. The maximum Gasteiger partial charge on any atom is 0.442 e. The molecule has 0 aliphatic carbocycles. The van der Waals surface area contributed by atoms with Crippen molar-refractivity contribution in [1.82, 2.24) is 9.97 Å². The molecule has 2 aliphatic heterocycles. The van der Waals surface area contributed by atoms with Crippen LogP contribution in [0.25, 0.3) is 22.5 Å². The topological polar surface area (TPSA) is 75.2 Å². The van der Waals surface area contributed by atoms with Crippen LogP contribution in [0.3, 0.4) is 0 Å². The summed E-state index contributed by atoms with van der Waals surface area (Å²) in [5.74, 6) is 0. The first kappa shape index (κ1) is 17.6. The second-order valence-corrected chi connectivity index (χ2v) is 7.04. The van der Waals surface area contributed by atoms with Crippen LogP contribution in [0.15, 0.2) is 81.4 Å². The highest BCUT2D eigenvalue weighted by Gasteiger charge is 2.65. The molecule has 0 spiro atoms. The Morgan fingerprint density at radius 2 is 1.17 bits per heavy atom. The SMILES string of the molecule is CC1(c2ccc(-c3cncc(-c4ccc(C5(C(F)(F)F)N=N5)cc4)n3)cc2)N=N1. The molecule has 1 aromatic heterocycles. The first-order chi connectivity index (χ1) is 13.8. The van der Waals surface area contributed by atoms with Crippen LogP contribution in [0.2, 0.25) is 0 Å². The van der Waals surface area contributed by atoms with E-state index in [2.05, 4.69) is 30.4 Å². The summed E-state index contributed by atoms with van der Waals surface area (Å²) in [7, 11) is 0. The number of hydrogen-bond donors (Lipinski definition) is 0. The largest absolute Gasteiger partial charge is 0.442 e. The van der Waals surface area contributed by atoms with Gasteiger partial charge >= 0.3 is 11.8 Å². The van der Waals surface area contributed by atoms with Crippen LogP contribution in [0, 0.1) is 0 Å². The standard InChI is InChI=1S/C20H13F3N6/c1-18(26-27-18)14-6-2-12(3-7-14)16-10-24-11-17(25-16)13-4-8-15(9-5-13)19(28-29-19)20(21,22)23/h2-11H,1H3. The molecular weight excluding hydrogens is 381 g/mol. The van der Waals surface area contributed by atoms with Gasteiger partial charge in [0.15, 0.2) is 0 Å². The van der Waals surface area contributed by atoms with E-state index in [9.17, 15) is 13.2 Å². The van der Waals surface area contributed by atoms with Crippen molar-refractivity contribution < 1.29 is 13.2 Å². The van der Waals surface area contributed by atoms with E-state index in [0.29, 0.717) is 17.0 Å². The van der Waals surface area contributed by atoms with Crippen LogP contribution < -0.4 is 0 Å². The molecule has 3 heterocycles. The summed E-state index contributed by atoms with van der Waals surface area (Å²) in [4.78, 5) is 8.83. The number of benzene rings is 2.